The van der Waals surface area contributed by atoms with E-state index < -0.39 is 17.7 Å². The van der Waals surface area contributed by atoms with Crippen molar-refractivity contribution in [3.05, 3.63) is 107 Å². The fourth-order valence-electron chi connectivity index (χ4n) is 4.15. The molecule has 3 aromatic carbocycles. The zero-order valence-corrected chi connectivity index (χ0v) is 19.5. The highest BCUT2D eigenvalue weighted by atomic mass is 16.5. The van der Waals surface area contributed by atoms with E-state index in [1.54, 1.807) is 12.1 Å². The molecule has 1 aliphatic rings. The van der Waals surface area contributed by atoms with Crippen LogP contribution >= 0.6 is 0 Å². The van der Waals surface area contributed by atoms with Crippen LogP contribution in [0, 0.1) is 6.92 Å². The van der Waals surface area contributed by atoms with Crippen LogP contribution in [-0.4, -0.2) is 28.3 Å². The number of hydrogen-bond donors (Lipinski definition) is 1. The van der Waals surface area contributed by atoms with E-state index in [0.29, 0.717) is 17.9 Å². The van der Waals surface area contributed by atoms with Gasteiger partial charge in [-0.25, -0.2) is 0 Å². The van der Waals surface area contributed by atoms with Crippen LogP contribution in [0.5, 0.6) is 5.75 Å². The van der Waals surface area contributed by atoms with Gasteiger partial charge in [0.25, 0.3) is 11.7 Å². The minimum atomic E-state index is -0.726. The molecule has 1 heterocycles. The molecule has 34 heavy (non-hydrogen) atoms. The van der Waals surface area contributed by atoms with Crippen LogP contribution in [0.3, 0.4) is 0 Å². The number of benzene rings is 3. The lowest BCUT2D eigenvalue weighted by Gasteiger charge is -2.26. The van der Waals surface area contributed by atoms with E-state index in [2.05, 4.69) is 6.92 Å². The molecule has 174 valence electrons. The summed E-state index contributed by atoms with van der Waals surface area (Å²) < 4.78 is 5.88. The van der Waals surface area contributed by atoms with Gasteiger partial charge in [0.15, 0.2) is 0 Å². The Morgan fingerprint density at radius 1 is 0.971 bits per heavy atom. The molecule has 1 fully saturated rings. The van der Waals surface area contributed by atoms with Gasteiger partial charge in [0, 0.05) is 12.1 Å². The average Bonchev–Trinajstić information content (AvgIpc) is 3.10. The smallest absolute Gasteiger partial charge is 0.295 e. The Labute approximate surface area is 200 Å². The zero-order valence-electron chi connectivity index (χ0n) is 19.5. The number of carbonyl (C=O) groups is 2. The minimum Gasteiger partial charge on any atom is -0.507 e. The molecule has 0 spiro atoms. The standard InChI is InChI=1S/C29H29NO4/c1-3-4-17-34-24-12-8-11-23(18-24)26-25(27(31)22-15-13-20(2)14-16-22)28(32)29(33)30(26)19-21-9-6-5-7-10-21/h5-16,18,26,31H,3-4,17,19H2,1-2H3/b27-25+. The first-order valence-corrected chi connectivity index (χ1v) is 11.6. The van der Waals surface area contributed by atoms with Gasteiger partial charge >= 0.3 is 0 Å². The molecule has 4 rings (SSSR count). The van der Waals surface area contributed by atoms with Crippen molar-refractivity contribution in [1.29, 1.82) is 0 Å². The van der Waals surface area contributed by atoms with Gasteiger partial charge in [0.1, 0.15) is 11.5 Å². The second kappa shape index (κ2) is 10.4. The summed E-state index contributed by atoms with van der Waals surface area (Å²) in [5.74, 6) is -0.807. The molecule has 0 radical (unpaired) electrons. The van der Waals surface area contributed by atoms with E-state index in [1.807, 2.05) is 73.7 Å². The van der Waals surface area contributed by atoms with E-state index in [1.165, 1.54) is 4.90 Å². The predicted octanol–water partition coefficient (Wildman–Crippen LogP) is 5.80. The lowest BCUT2D eigenvalue weighted by Crippen LogP contribution is -2.29. The fourth-order valence-corrected chi connectivity index (χ4v) is 4.15. The molecule has 1 saturated heterocycles. The molecular formula is C29H29NO4. The lowest BCUT2D eigenvalue weighted by molar-refractivity contribution is -0.140. The normalized spacial score (nSPS) is 17.2. The van der Waals surface area contributed by atoms with Crippen molar-refractivity contribution in [3.8, 4) is 5.75 Å². The highest BCUT2D eigenvalue weighted by molar-refractivity contribution is 6.46. The van der Waals surface area contributed by atoms with E-state index in [4.69, 9.17) is 4.74 Å². The first kappa shape index (κ1) is 23.3. The summed E-state index contributed by atoms with van der Waals surface area (Å²) in [7, 11) is 0. The van der Waals surface area contributed by atoms with E-state index >= 15 is 0 Å². The number of amides is 1. The SMILES string of the molecule is CCCCOc1cccc(C2/C(=C(\O)c3ccc(C)cc3)C(=O)C(=O)N2Cc2ccccc2)c1. The molecule has 3 aromatic rings. The van der Waals surface area contributed by atoms with Gasteiger partial charge in [0.05, 0.1) is 18.2 Å². The largest absolute Gasteiger partial charge is 0.507 e. The summed E-state index contributed by atoms with van der Waals surface area (Å²) in [6.45, 7) is 4.89. The molecule has 5 nitrogen and oxygen atoms in total. The van der Waals surface area contributed by atoms with E-state index in [-0.39, 0.29) is 17.9 Å². The quantitative estimate of drug-likeness (QED) is 0.202. The number of ketones is 1. The summed E-state index contributed by atoms with van der Waals surface area (Å²) >= 11 is 0. The van der Waals surface area contributed by atoms with Crippen molar-refractivity contribution in [2.24, 2.45) is 0 Å². The van der Waals surface area contributed by atoms with Gasteiger partial charge in [-0.2, -0.15) is 0 Å². The Morgan fingerprint density at radius 2 is 1.71 bits per heavy atom. The van der Waals surface area contributed by atoms with Gasteiger partial charge in [0.2, 0.25) is 0 Å². The van der Waals surface area contributed by atoms with Crippen LogP contribution in [0.4, 0.5) is 0 Å². The molecule has 0 aliphatic carbocycles. The zero-order chi connectivity index (χ0) is 24.1. The predicted molar refractivity (Wildman–Crippen MR) is 132 cm³/mol. The molecule has 1 N–H and O–H groups in total. The summed E-state index contributed by atoms with van der Waals surface area (Å²) in [5, 5.41) is 11.2. The topological polar surface area (TPSA) is 66.8 Å². The highest BCUT2D eigenvalue weighted by Crippen LogP contribution is 2.41. The number of carbonyl (C=O) groups excluding carboxylic acids is 2. The second-order valence-electron chi connectivity index (χ2n) is 8.55. The van der Waals surface area contributed by atoms with Gasteiger partial charge in [-0.3, -0.25) is 9.59 Å². The molecule has 0 bridgehead atoms. The molecule has 1 unspecified atom stereocenters. The van der Waals surface area contributed by atoms with Gasteiger partial charge in [-0.1, -0.05) is 85.6 Å². The summed E-state index contributed by atoms with van der Waals surface area (Å²) in [4.78, 5) is 27.9. The average molecular weight is 456 g/mol. The van der Waals surface area contributed by atoms with E-state index in [9.17, 15) is 14.7 Å². The minimum absolute atomic E-state index is 0.0930. The van der Waals surface area contributed by atoms with Crippen molar-refractivity contribution in [2.45, 2.75) is 39.3 Å². The van der Waals surface area contributed by atoms with Crippen LogP contribution in [0.15, 0.2) is 84.4 Å². The number of unbranched alkanes of at least 4 members (excludes halogenated alkanes) is 1. The molecular weight excluding hydrogens is 426 g/mol. The number of nitrogens with zero attached hydrogens (tertiary/aromatic N) is 1. The first-order valence-electron chi connectivity index (χ1n) is 11.6. The van der Waals surface area contributed by atoms with Crippen LogP contribution in [0.2, 0.25) is 0 Å². The summed E-state index contributed by atoms with van der Waals surface area (Å²) in [6, 6.07) is 23.5. The number of rotatable bonds is 8. The Kier molecular flexibility index (Phi) is 7.12. The molecule has 0 saturated carbocycles. The van der Waals surface area contributed by atoms with Gasteiger partial charge in [-0.05, 0) is 36.6 Å². The van der Waals surface area contributed by atoms with Crippen molar-refractivity contribution < 1.29 is 19.4 Å². The van der Waals surface area contributed by atoms with Crippen LogP contribution in [0.25, 0.3) is 5.76 Å². The number of aryl methyl sites for hydroxylation is 1. The Bertz CT molecular complexity index is 1200. The van der Waals surface area contributed by atoms with Crippen LogP contribution < -0.4 is 4.74 Å². The Morgan fingerprint density at radius 3 is 2.41 bits per heavy atom. The molecule has 5 heteroatoms. The van der Waals surface area contributed by atoms with Gasteiger partial charge in [-0.15, -0.1) is 0 Å². The second-order valence-corrected chi connectivity index (χ2v) is 8.55. The fraction of sp³-hybridized carbons (Fsp3) is 0.241. The lowest BCUT2D eigenvalue weighted by atomic mass is 9.94. The number of aliphatic hydroxyl groups excluding tert-OH is 1. The number of aliphatic hydroxyl groups is 1. The van der Waals surface area contributed by atoms with Crippen molar-refractivity contribution in [2.75, 3.05) is 6.61 Å². The molecule has 1 aliphatic heterocycles. The van der Waals surface area contributed by atoms with Crippen LogP contribution in [-0.2, 0) is 16.1 Å². The van der Waals surface area contributed by atoms with Crippen molar-refractivity contribution in [1.82, 2.24) is 4.90 Å². The monoisotopic (exact) mass is 455 g/mol. The number of hydrogen-bond acceptors (Lipinski definition) is 4. The third-order valence-electron chi connectivity index (χ3n) is 6.00. The summed E-state index contributed by atoms with van der Waals surface area (Å²) in [6.07, 6.45) is 1.96. The molecule has 1 atom stereocenters. The van der Waals surface area contributed by atoms with Gasteiger partial charge < -0.3 is 14.7 Å². The maximum atomic E-state index is 13.2. The first-order chi connectivity index (χ1) is 16.5. The van der Waals surface area contributed by atoms with Crippen molar-refractivity contribution >= 4 is 17.4 Å². The molecule has 1 amide bonds. The van der Waals surface area contributed by atoms with Crippen LogP contribution in [0.1, 0.15) is 48.1 Å². The third-order valence-corrected chi connectivity index (χ3v) is 6.00. The molecule has 0 aromatic heterocycles. The maximum absolute atomic E-state index is 13.2. The van der Waals surface area contributed by atoms with Crippen molar-refractivity contribution in [3.63, 3.8) is 0 Å². The number of ether oxygens (including phenoxy) is 1. The van der Waals surface area contributed by atoms with E-state index in [0.717, 1.165) is 29.5 Å². The maximum Gasteiger partial charge on any atom is 0.295 e. The number of likely N-dealkylation sites (tertiary alicyclic amines) is 1. The Balaban J connectivity index is 1.80. The highest BCUT2D eigenvalue weighted by Gasteiger charge is 2.46. The number of Topliss-reactive ketones (excluding diaryl/α,β-unsaturated/α-hetero) is 1. The summed E-state index contributed by atoms with van der Waals surface area (Å²) in [5.41, 5.74) is 3.26. The third kappa shape index (κ3) is 4.88. The Hall–Kier alpha value is -3.86.